The summed E-state index contributed by atoms with van der Waals surface area (Å²) >= 11 is 0. The molecule has 1 atom stereocenters. The Morgan fingerprint density at radius 2 is 2.03 bits per heavy atom. The fourth-order valence-electron chi connectivity index (χ4n) is 3.36. The van der Waals surface area contributed by atoms with Gasteiger partial charge in [0.15, 0.2) is 5.78 Å². The summed E-state index contributed by atoms with van der Waals surface area (Å²) < 4.78 is 16.7. The van der Waals surface area contributed by atoms with Gasteiger partial charge in [0.25, 0.3) is 0 Å². The van der Waals surface area contributed by atoms with Gasteiger partial charge in [-0.2, -0.15) is 0 Å². The molecule has 0 bridgehead atoms. The van der Waals surface area contributed by atoms with Crippen molar-refractivity contribution in [3.8, 4) is 17.2 Å². The average Bonchev–Trinajstić information content (AvgIpc) is 3.04. The van der Waals surface area contributed by atoms with Gasteiger partial charge in [0, 0.05) is 28.7 Å². The molecule has 0 saturated carbocycles. The van der Waals surface area contributed by atoms with E-state index in [1.807, 2.05) is 26.0 Å². The number of hydrogen-bond acceptors (Lipinski definition) is 5. The standard InChI is InChI=1S/C23H24O6/c1-4-28-21-12-17-9-14(2)29-22(17)11-16(21)5-7-19(24)15-6-8-20(27-3)18(10-15)13-23(25)26/h5-8,10-12,14H,4,9,13H2,1-3H3,(H,25,26)/b7-5+/t14-/m1/s1. The van der Waals surface area contributed by atoms with E-state index in [2.05, 4.69) is 0 Å². The van der Waals surface area contributed by atoms with Crippen molar-refractivity contribution >= 4 is 17.8 Å². The molecule has 0 unspecified atom stereocenters. The van der Waals surface area contributed by atoms with E-state index in [0.29, 0.717) is 29.2 Å². The van der Waals surface area contributed by atoms with E-state index in [1.165, 1.54) is 13.2 Å². The topological polar surface area (TPSA) is 82.1 Å². The summed E-state index contributed by atoms with van der Waals surface area (Å²) in [5, 5.41) is 9.06. The van der Waals surface area contributed by atoms with E-state index in [0.717, 1.165) is 23.3 Å². The second kappa shape index (κ2) is 8.82. The van der Waals surface area contributed by atoms with Gasteiger partial charge in [0.2, 0.25) is 0 Å². The van der Waals surface area contributed by atoms with Gasteiger partial charge >= 0.3 is 5.97 Å². The smallest absolute Gasteiger partial charge is 0.307 e. The van der Waals surface area contributed by atoms with Crippen LogP contribution >= 0.6 is 0 Å². The third-order valence-corrected chi connectivity index (χ3v) is 4.65. The molecule has 29 heavy (non-hydrogen) atoms. The van der Waals surface area contributed by atoms with Crippen molar-refractivity contribution in [1.29, 1.82) is 0 Å². The second-order valence-electron chi connectivity index (χ2n) is 6.86. The summed E-state index contributed by atoms with van der Waals surface area (Å²) in [5.74, 6) is 0.723. The van der Waals surface area contributed by atoms with Crippen LogP contribution in [0.3, 0.4) is 0 Å². The van der Waals surface area contributed by atoms with Crippen LogP contribution in [0.25, 0.3) is 6.08 Å². The summed E-state index contributed by atoms with van der Waals surface area (Å²) in [5.41, 5.74) is 2.70. The number of carbonyl (C=O) groups excluding carboxylic acids is 1. The van der Waals surface area contributed by atoms with Gasteiger partial charge in [-0.05, 0) is 56.3 Å². The van der Waals surface area contributed by atoms with Gasteiger partial charge in [-0.25, -0.2) is 0 Å². The van der Waals surface area contributed by atoms with Gasteiger partial charge in [-0.15, -0.1) is 0 Å². The number of benzene rings is 2. The average molecular weight is 396 g/mol. The third-order valence-electron chi connectivity index (χ3n) is 4.65. The predicted molar refractivity (Wildman–Crippen MR) is 109 cm³/mol. The zero-order valence-electron chi connectivity index (χ0n) is 16.7. The number of allylic oxidation sites excluding steroid dienone is 1. The number of aliphatic carboxylic acids is 1. The monoisotopic (exact) mass is 396 g/mol. The Balaban J connectivity index is 1.87. The zero-order chi connectivity index (χ0) is 21.0. The first-order chi connectivity index (χ1) is 13.9. The van der Waals surface area contributed by atoms with Crippen LogP contribution in [0.15, 0.2) is 36.4 Å². The highest BCUT2D eigenvalue weighted by atomic mass is 16.5. The lowest BCUT2D eigenvalue weighted by atomic mass is 10.0. The minimum Gasteiger partial charge on any atom is -0.496 e. The van der Waals surface area contributed by atoms with Crippen molar-refractivity contribution < 1.29 is 28.9 Å². The normalized spacial score (nSPS) is 15.1. The number of carboxylic acid groups (broad SMARTS) is 1. The number of carbonyl (C=O) groups is 2. The van der Waals surface area contributed by atoms with E-state index in [9.17, 15) is 9.59 Å². The Bertz CT molecular complexity index is 960. The Hall–Kier alpha value is -3.28. The van der Waals surface area contributed by atoms with Crippen molar-refractivity contribution in [3.63, 3.8) is 0 Å². The molecular formula is C23H24O6. The summed E-state index contributed by atoms with van der Waals surface area (Å²) in [6, 6.07) is 8.63. The van der Waals surface area contributed by atoms with Gasteiger partial charge in [0.1, 0.15) is 23.4 Å². The van der Waals surface area contributed by atoms with Crippen LogP contribution in [0.4, 0.5) is 0 Å². The van der Waals surface area contributed by atoms with Crippen molar-refractivity contribution in [2.45, 2.75) is 32.8 Å². The number of methoxy groups -OCH3 is 1. The maximum atomic E-state index is 12.7. The van der Waals surface area contributed by atoms with E-state index in [4.69, 9.17) is 19.3 Å². The first-order valence-electron chi connectivity index (χ1n) is 9.48. The molecule has 2 aromatic rings. The van der Waals surface area contributed by atoms with Crippen LogP contribution in [0, 0.1) is 0 Å². The van der Waals surface area contributed by atoms with Crippen LogP contribution < -0.4 is 14.2 Å². The van der Waals surface area contributed by atoms with Crippen LogP contribution in [-0.4, -0.2) is 36.7 Å². The first-order valence-corrected chi connectivity index (χ1v) is 9.48. The molecule has 0 saturated heterocycles. The Kier molecular flexibility index (Phi) is 6.22. The number of ether oxygens (including phenoxy) is 3. The highest BCUT2D eigenvalue weighted by molar-refractivity contribution is 6.07. The van der Waals surface area contributed by atoms with Gasteiger partial charge in [0.05, 0.1) is 20.1 Å². The molecule has 1 N–H and O–H groups in total. The quantitative estimate of drug-likeness (QED) is 0.538. The highest BCUT2D eigenvalue weighted by Gasteiger charge is 2.21. The lowest BCUT2D eigenvalue weighted by molar-refractivity contribution is -0.136. The Morgan fingerprint density at radius 1 is 1.24 bits per heavy atom. The van der Waals surface area contributed by atoms with Crippen molar-refractivity contribution in [2.75, 3.05) is 13.7 Å². The molecule has 2 aromatic carbocycles. The first kappa shape index (κ1) is 20.5. The predicted octanol–water partition coefficient (Wildman–Crippen LogP) is 3.94. The molecular weight excluding hydrogens is 372 g/mol. The summed E-state index contributed by atoms with van der Waals surface area (Å²) in [7, 11) is 1.47. The lowest BCUT2D eigenvalue weighted by Crippen LogP contribution is -2.05. The Labute approximate surface area is 169 Å². The number of ketones is 1. The largest absolute Gasteiger partial charge is 0.496 e. The fourth-order valence-corrected chi connectivity index (χ4v) is 3.36. The Morgan fingerprint density at radius 3 is 2.72 bits per heavy atom. The van der Waals surface area contributed by atoms with E-state index in [-0.39, 0.29) is 18.3 Å². The van der Waals surface area contributed by atoms with E-state index < -0.39 is 5.97 Å². The van der Waals surface area contributed by atoms with Crippen LogP contribution in [0.5, 0.6) is 17.2 Å². The minimum atomic E-state index is -0.989. The van der Waals surface area contributed by atoms with E-state index >= 15 is 0 Å². The summed E-state index contributed by atoms with van der Waals surface area (Å²) in [4.78, 5) is 23.7. The van der Waals surface area contributed by atoms with Crippen molar-refractivity contribution in [3.05, 3.63) is 58.7 Å². The van der Waals surface area contributed by atoms with Crippen LogP contribution in [0.2, 0.25) is 0 Å². The molecule has 0 spiro atoms. The van der Waals surface area contributed by atoms with Gasteiger partial charge < -0.3 is 19.3 Å². The van der Waals surface area contributed by atoms with Crippen LogP contribution in [0.1, 0.15) is 40.9 Å². The lowest BCUT2D eigenvalue weighted by Gasteiger charge is -2.10. The number of carboxylic acids is 1. The SMILES string of the molecule is CCOc1cc2c(cc1/C=C/C(=O)c1ccc(OC)c(CC(=O)O)c1)O[C@H](C)C2. The molecule has 1 aliphatic rings. The van der Waals surface area contributed by atoms with Gasteiger partial charge in [-0.3, -0.25) is 9.59 Å². The molecule has 1 aliphatic heterocycles. The second-order valence-corrected chi connectivity index (χ2v) is 6.86. The zero-order valence-corrected chi connectivity index (χ0v) is 16.7. The molecule has 3 rings (SSSR count). The van der Waals surface area contributed by atoms with Crippen LogP contribution in [-0.2, 0) is 17.6 Å². The fraction of sp³-hybridized carbons (Fsp3) is 0.304. The maximum Gasteiger partial charge on any atom is 0.307 e. The molecule has 0 aliphatic carbocycles. The number of fused-ring (bicyclic) bond motifs is 1. The summed E-state index contributed by atoms with van der Waals surface area (Å²) in [6.07, 6.45) is 3.88. The third kappa shape index (κ3) is 4.77. The molecule has 0 radical (unpaired) electrons. The minimum absolute atomic E-state index is 0.118. The van der Waals surface area contributed by atoms with Gasteiger partial charge in [-0.1, -0.05) is 0 Å². The van der Waals surface area contributed by atoms with Crippen molar-refractivity contribution in [1.82, 2.24) is 0 Å². The summed E-state index contributed by atoms with van der Waals surface area (Å²) in [6.45, 7) is 4.44. The molecule has 1 heterocycles. The van der Waals surface area contributed by atoms with Crippen molar-refractivity contribution in [2.24, 2.45) is 0 Å². The molecule has 0 amide bonds. The van der Waals surface area contributed by atoms with E-state index in [1.54, 1.807) is 24.3 Å². The maximum absolute atomic E-state index is 12.7. The highest BCUT2D eigenvalue weighted by Crippen LogP contribution is 2.35. The number of rotatable bonds is 8. The molecule has 0 aromatic heterocycles. The molecule has 152 valence electrons. The molecule has 0 fully saturated rings. The number of hydrogen-bond donors (Lipinski definition) is 1. The molecule has 6 nitrogen and oxygen atoms in total. The molecule has 6 heteroatoms.